The van der Waals surface area contributed by atoms with Crippen molar-refractivity contribution in [3.05, 3.63) is 76.7 Å². The summed E-state index contributed by atoms with van der Waals surface area (Å²) in [6.07, 6.45) is 0.697. The van der Waals surface area contributed by atoms with Crippen LogP contribution in [-0.2, 0) is 11.0 Å². The summed E-state index contributed by atoms with van der Waals surface area (Å²) in [5.41, 5.74) is 3.45. The van der Waals surface area contributed by atoms with Crippen molar-refractivity contribution in [3.8, 4) is 5.69 Å². The summed E-state index contributed by atoms with van der Waals surface area (Å²) >= 11 is 0. The van der Waals surface area contributed by atoms with Crippen LogP contribution in [0.5, 0.6) is 0 Å². The van der Waals surface area contributed by atoms with Crippen molar-refractivity contribution in [2.75, 3.05) is 6.54 Å². The predicted molar refractivity (Wildman–Crippen MR) is 135 cm³/mol. The molecule has 2 aromatic carbocycles. The molecule has 4 rings (SSSR count). The Morgan fingerprint density at radius 2 is 1.82 bits per heavy atom. The fourth-order valence-electron chi connectivity index (χ4n) is 4.59. The van der Waals surface area contributed by atoms with Crippen molar-refractivity contribution in [2.24, 2.45) is 0 Å². The van der Waals surface area contributed by atoms with Crippen LogP contribution in [0.25, 0.3) is 16.6 Å². The number of alkyl halides is 3. The summed E-state index contributed by atoms with van der Waals surface area (Å²) in [6, 6.07) is 8.88. The number of carboxylic acid groups (broad SMARTS) is 1. The molecule has 0 aliphatic rings. The molecular formula is C27H28F3N5O3. The van der Waals surface area contributed by atoms with Crippen LogP contribution in [0.4, 0.5) is 13.2 Å². The first-order valence-corrected chi connectivity index (χ1v) is 12.2. The zero-order chi connectivity index (χ0) is 27.6. The van der Waals surface area contributed by atoms with Crippen LogP contribution in [-0.4, -0.2) is 43.1 Å². The lowest BCUT2D eigenvalue weighted by molar-refractivity contribution is -0.138. The van der Waals surface area contributed by atoms with Gasteiger partial charge in [0.2, 0.25) is 0 Å². The minimum atomic E-state index is -4.46. The topological polar surface area (TPSA) is 102 Å². The van der Waals surface area contributed by atoms with Crippen molar-refractivity contribution >= 4 is 22.8 Å². The molecule has 0 radical (unpaired) electrons. The Labute approximate surface area is 217 Å². The van der Waals surface area contributed by atoms with E-state index < -0.39 is 17.7 Å². The van der Waals surface area contributed by atoms with Crippen LogP contribution in [0, 0.1) is 13.8 Å². The minimum absolute atomic E-state index is 0.0365. The van der Waals surface area contributed by atoms with Gasteiger partial charge in [0.15, 0.2) is 0 Å². The number of carbonyl (C=O) groups excluding carboxylic acids is 1. The molecule has 0 fully saturated rings. The zero-order valence-corrected chi connectivity index (χ0v) is 21.2. The van der Waals surface area contributed by atoms with E-state index in [-0.39, 0.29) is 24.9 Å². The highest BCUT2D eigenvalue weighted by molar-refractivity contribution is 5.98. The number of amides is 1. The summed E-state index contributed by atoms with van der Waals surface area (Å²) in [4.78, 5) is 23.1. The Balaban J connectivity index is 1.64. The average Bonchev–Trinajstić information content (AvgIpc) is 3.48. The quantitative estimate of drug-likeness (QED) is 0.301. The molecule has 1 atom stereocenters. The van der Waals surface area contributed by atoms with Gasteiger partial charge in [-0.3, -0.25) is 14.3 Å². The molecule has 0 saturated carbocycles. The van der Waals surface area contributed by atoms with Gasteiger partial charge in [0.25, 0.3) is 5.91 Å². The first kappa shape index (κ1) is 26.9. The third kappa shape index (κ3) is 5.71. The number of rotatable bonds is 9. The maximum absolute atomic E-state index is 13.1. The molecule has 4 aromatic rings. The van der Waals surface area contributed by atoms with Crippen molar-refractivity contribution < 1.29 is 27.9 Å². The molecule has 200 valence electrons. The number of nitrogens with zero attached hydrogens (tertiary/aromatic N) is 4. The van der Waals surface area contributed by atoms with Gasteiger partial charge in [0.1, 0.15) is 0 Å². The van der Waals surface area contributed by atoms with Crippen molar-refractivity contribution in [2.45, 2.75) is 52.3 Å². The second kappa shape index (κ2) is 10.7. The second-order valence-corrected chi connectivity index (χ2v) is 9.26. The van der Waals surface area contributed by atoms with Crippen molar-refractivity contribution in [1.29, 1.82) is 0 Å². The van der Waals surface area contributed by atoms with Crippen LogP contribution in [0.1, 0.15) is 64.8 Å². The number of benzene rings is 2. The number of aromatic nitrogens is 4. The van der Waals surface area contributed by atoms with E-state index in [0.29, 0.717) is 16.8 Å². The number of hydrogen-bond donors (Lipinski definition) is 2. The molecule has 0 aliphatic carbocycles. The van der Waals surface area contributed by atoms with Crippen LogP contribution in [0.3, 0.4) is 0 Å². The molecule has 0 aliphatic heterocycles. The van der Waals surface area contributed by atoms with Gasteiger partial charge in [0.05, 0.1) is 35.4 Å². The predicted octanol–water partition coefficient (Wildman–Crippen LogP) is 5.45. The number of aryl methyl sites for hydroxylation is 2. The molecule has 8 nitrogen and oxygen atoms in total. The Morgan fingerprint density at radius 3 is 2.42 bits per heavy atom. The van der Waals surface area contributed by atoms with Gasteiger partial charge in [0, 0.05) is 29.9 Å². The summed E-state index contributed by atoms with van der Waals surface area (Å²) < 4.78 is 42.4. The van der Waals surface area contributed by atoms with E-state index in [1.54, 1.807) is 18.2 Å². The maximum atomic E-state index is 13.1. The second-order valence-electron chi connectivity index (χ2n) is 9.26. The van der Waals surface area contributed by atoms with Gasteiger partial charge in [-0.05, 0) is 55.2 Å². The summed E-state index contributed by atoms with van der Waals surface area (Å²) in [6.45, 7) is 5.79. The maximum Gasteiger partial charge on any atom is 0.419 e. The summed E-state index contributed by atoms with van der Waals surface area (Å²) in [5, 5.41) is 20.8. The summed E-state index contributed by atoms with van der Waals surface area (Å²) in [7, 11) is 0. The zero-order valence-electron chi connectivity index (χ0n) is 21.2. The normalized spacial score (nSPS) is 12.6. The Bertz CT molecular complexity index is 1470. The highest BCUT2D eigenvalue weighted by Crippen LogP contribution is 2.32. The van der Waals surface area contributed by atoms with Gasteiger partial charge in [-0.2, -0.15) is 23.4 Å². The fraction of sp³-hybridized carbons (Fsp3) is 0.333. The summed E-state index contributed by atoms with van der Waals surface area (Å²) in [5.74, 6) is -1.35. The molecule has 11 heteroatoms. The van der Waals surface area contributed by atoms with E-state index in [9.17, 15) is 22.8 Å². The van der Waals surface area contributed by atoms with Gasteiger partial charge >= 0.3 is 12.1 Å². The lowest BCUT2D eigenvalue weighted by atomic mass is 9.96. The van der Waals surface area contributed by atoms with Crippen LogP contribution >= 0.6 is 0 Å². The van der Waals surface area contributed by atoms with E-state index >= 15 is 0 Å². The number of fused-ring (bicyclic) bond motifs is 1. The number of carbonyl (C=O) groups is 2. The number of carboxylic acids is 1. The Morgan fingerprint density at radius 1 is 1.11 bits per heavy atom. The first-order valence-electron chi connectivity index (χ1n) is 12.2. The molecule has 38 heavy (non-hydrogen) atoms. The SMILES string of the molecule is CCCC(c1cc(C)c(-n2cc(C(F)(F)F)cn2)c(C)c1)n1cc2cc(C(=O)NCCC(=O)O)ccc2n1. The van der Waals surface area contributed by atoms with Gasteiger partial charge in [-0.1, -0.05) is 25.5 Å². The standard InChI is InChI=1S/C27H28F3N5O3/c1-4-5-23(19-10-16(2)25(17(3)11-19)35-15-21(13-32-35)27(28,29)30)34-14-20-12-18(6-7-22(20)33-34)26(38)31-9-8-24(36)37/h6-7,10-15,23H,4-5,8-9H2,1-3H3,(H,31,38)(H,36,37). The molecule has 2 N–H and O–H groups in total. The van der Waals surface area contributed by atoms with Crippen LogP contribution < -0.4 is 5.32 Å². The molecular weight excluding hydrogens is 499 g/mol. The molecule has 2 aromatic heterocycles. The van der Waals surface area contributed by atoms with Crippen molar-refractivity contribution in [1.82, 2.24) is 24.9 Å². The molecule has 0 bridgehead atoms. The lowest BCUT2D eigenvalue weighted by Gasteiger charge is -2.20. The first-order chi connectivity index (χ1) is 18.0. The number of aliphatic carboxylic acids is 1. The number of nitrogens with one attached hydrogen (secondary N) is 1. The Kier molecular flexibility index (Phi) is 7.56. The van der Waals surface area contributed by atoms with E-state index in [0.717, 1.165) is 47.3 Å². The lowest BCUT2D eigenvalue weighted by Crippen LogP contribution is -2.25. The van der Waals surface area contributed by atoms with E-state index in [1.165, 1.54) is 4.68 Å². The monoisotopic (exact) mass is 527 g/mol. The van der Waals surface area contributed by atoms with Gasteiger partial charge < -0.3 is 10.4 Å². The molecule has 1 unspecified atom stereocenters. The van der Waals surface area contributed by atoms with Gasteiger partial charge in [-0.25, -0.2) is 4.68 Å². The van der Waals surface area contributed by atoms with E-state index in [4.69, 9.17) is 10.2 Å². The largest absolute Gasteiger partial charge is 0.481 e. The molecule has 0 saturated heterocycles. The minimum Gasteiger partial charge on any atom is -0.481 e. The molecule has 0 spiro atoms. The van der Waals surface area contributed by atoms with E-state index in [1.807, 2.05) is 36.9 Å². The average molecular weight is 528 g/mol. The highest BCUT2D eigenvalue weighted by atomic mass is 19.4. The molecule has 1 amide bonds. The third-order valence-electron chi connectivity index (χ3n) is 6.33. The molecule has 2 heterocycles. The Hall–Kier alpha value is -4.15. The van der Waals surface area contributed by atoms with Crippen LogP contribution in [0.2, 0.25) is 0 Å². The van der Waals surface area contributed by atoms with E-state index in [2.05, 4.69) is 17.3 Å². The highest BCUT2D eigenvalue weighted by Gasteiger charge is 2.32. The fourth-order valence-corrected chi connectivity index (χ4v) is 4.59. The van der Waals surface area contributed by atoms with Gasteiger partial charge in [-0.15, -0.1) is 0 Å². The van der Waals surface area contributed by atoms with Crippen molar-refractivity contribution in [3.63, 3.8) is 0 Å². The number of halogens is 3. The smallest absolute Gasteiger partial charge is 0.419 e. The van der Waals surface area contributed by atoms with Crippen LogP contribution in [0.15, 0.2) is 48.9 Å². The third-order valence-corrected chi connectivity index (χ3v) is 6.33. The number of hydrogen-bond acceptors (Lipinski definition) is 4.